The lowest BCUT2D eigenvalue weighted by atomic mass is 10.2. The maximum atomic E-state index is 9.69. The van der Waals surface area contributed by atoms with Crippen LogP contribution in [0.2, 0.25) is 0 Å². The Hall–Kier alpha value is -0.870. The van der Waals surface area contributed by atoms with Crippen LogP contribution in [0.5, 0.6) is 0 Å². The maximum Gasteiger partial charge on any atom is 0.108 e. The van der Waals surface area contributed by atoms with Crippen LogP contribution < -0.4 is 5.32 Å². The number of nitrogens with zero attached hydrogens (tertiary/aromatic N) is 2. The van der Waals surface area contributed by atoms with Gasteiger partial charge >= 0.3 is 0 Å². The second-order valence-corrected chi connectivity index (χ2v) is 3.15. The summed E-state index contributed by atoms with van der Waals surface area (Å²) in [5.41, 5.74) is 0.851. The average Bonchev–Trinajstić information content (AvgIpc) is 2.52. The van der Waals surface area contributed by atoms with Crippen molar-refractivity contribution in [2.24, 2.45) is 7.05 Å². The van der Waals surface area contributed by atoms with Gasteiger partial charge in [0.05, 0.1) is 18.2 Å². The molecule has 0 aromatic carbocycles. The van der Waals surface area contributed by atoms with Gasteiger partial charge in [-0.3, -0.25) is 0 Å². The fourth-order valence-electron chi connectivity index (χ4n) is 1.21. The highest BCUT2D eigenvalue weighted by molar-refractivity contribution is 5.02. The minimum absolute atomic E-state index is 0.459. The molecule has 0 aliphatic rings. The Morgan fingerprint density at radius 1 is 1.69 bits per heavy atom. The van der Waals surface area contributed by atoms with Crippen LogP contribution in [-0.2, 0) is 7.05 Å². The minimum Gasteiger partial charge on any atom is -0.385 e. The van der Waals surface area contributed by atoms with Gasteiger partial charge in [0.2, 0.25) is 0 Å². The van der Waals surface area contributed by atoms with E-state index in [0.717, 1.165) is 18.7 Å². The molecule has 1 rings (SSSR count). The Balaban J connectivity index is 2.39. The zero-order chi connectivity index (χ0) is 9.68. The molecular formula is C9H17N3O. The predicted octanol–water partition coefficient (Wildman–Crippen LogP) is 0.453. The van der Waals surface area contributed by atoms with Gasteiger partial charge in [-0.2, -0.15) is 0 Å². The topological polar surface area (TPSA) is 50.1 Å². The number of hydrogen-bond acceptors (Lipinski definition) is 3. The van der Waals surface area contributed by atoms with Crippen molar-refractivity contribution in [2.45, 2.75) is 19.4 Å². The van der Waals surface area contributed by atoms with E-state index in [1.54, 1.807) is 12.5 Å². The minimum atomic E-state index is -0.459. The zero-order valence-electron chi connectivity index (χ0n) is 8.20. The number of aromatic nitrogens is 2. The summed E-state index contributed by atoms with van der Waals surface area (Å²) >= 11 is 0. The SMILES string of the molecule is CCCNCC(O)c1cncn1C. The van der Waals surface area contributed by atoms with Crippen LogP contribution in [0.4, 0.5) is 0 Å². The van der Waals surface area contributed by atoms with Gasteiger partial charge in [0.25, 0.3) is 0 Å². The molecule has 0 spiro atoms. The smallest absolute Gasteiger partial charge is 0.108 e. The molecule has 0 saturated carbocycles. The average molecular weight is 183 g/mol. The summed E-state index contributed by atoms with van der Waals surface area (Å²) in [4.78, 5) is 3.95. The van der Waals surface area contributed by atoms with Crippen LogP contribution in [0.1, 0.15) is 25.1 Å². The molecule has 0 radical (unpaired) electrons. The maximum absolute atomic E-state index is 9.69. The first kappa shape index (κ1) is 10.2. The van der Waals surface area contributed by atoms with Crippen LogP contribution in [0, 0.1) is 0 Å². The van der Waals surface area contributed by atoms with Crippen LogP contribution in [0.3, 0.4) is 0 Å². The van der Waals surface area contributed by atoms with E-state index in [4.69, 9.17) is 0 Å². The molecule has 74 valence electrons. The van der Waals surface area contributed by atoms with Crippen LogP contribution in [-0.4, -0.2) is 27.7 Å². The third-order valence-electron chi connectivity index (χ3n) is 1.96. The largest absolute Gasteiger partial charge is 0.385 e. The highest BCUT2D eigenvalue weighted by Crippen LogP contribution is 2.08. The number of nitrogens with one attached hydrogen (secondary N) is 1. The van der Waals surface area contributed by atoms with Crippen molar-refractivity contribution < 1.29 is 5.11 Å². The van der Waals surface area contributed by atoms with Crippen LogP contribution in [0.25, 0.3) is 0 Å². The van der Waals surface area contributed by atoms with Gasteiger partial charge < -0.3 is 15.0 Å². The number of aliphatic hydroxyl groups excluding tert-OH is 1. The zero-order valence-corrected chi connectivity index (χ0v) is 8.20. The van der Waals surface area contributed by atoms with Crippen LogP contribution in [0.15, 0.2) is 12.5 Å². The van der Waals surface area contributed by atoms with E-state index in [1.165, 1.54) is 0 Å². The van der Waals surface area contributed by atoms with E-state index in [1.807, 2.05) is 11.6 Å². The monoisotopic (exact) mass is 183 g/mol. The lowest BCUT2D eigenvalue weighted by Crippen LogP contribution is -2.23. The Labute approximate surface area is 78.6 Å². The molecule has 13 heavy (non-hydrogen) atoms. The molecule has 0 amide bonds. The summed E-state index contributed by atoms with van der Waals surface area (Å²) in [6, 6.07) is 0. The summed E-state index contributed by atoms with van der Waals surface area (Å²) < 4.78 is 1.83. The van der Waals surface area contributed by atoms with Crippen LogP contribution >= 0.6 is 0 Å². The molecule has 0 aliphatic carbocycles. The first-order chi connectivity index (χ1) is 6.25. The van der Waals surface area contributed by atoms with Crippen molar-refractivity contribution in [3.63, 3.8) is 0 Å². The standard InChI is InChI=1S/C9H17N3O/c1-3-4-10-6-9(13)8-5-11-7-12(8)2/h5,7,9-10,13H,3-4,6H2,1-2H3. The van der Waals surface area contributed by atoms with E-state index < -0.39 is 6.10 Å². The van der Waals surface area contributed by atoms with E-state index in [2.05, 4.69) is 17.2 Å². The highest BCUT2D eigenvalue weighted by atomic mass is 16.3. The molecule has 0 bridgehead atoms. The lowest BCUT2D eigenvalue weighted by Gasteiger charge is -2.11. The molecule has 0 aliphatic heterocycles. The molecule has 1 aromatic rings. The first-order valence-electron chi connectivity index (χ1n) is 4.60. The number of hydrogen-bond donors (Lipinski definition) is 2. The second kappa shape index (κ2) is 4.99. The number of imidazole rings is 1. The van der Waals surface area contributed by atoms with Crippen molar-refractivity contribution in [2.75, 3.05) is 13.1 Å². The fraction of sp³-hybridized carbons (Fsp3) is 0.667. The van der Waals surface area contributed by atoms with Crippen molar-refractivity contribution in [3.05, 3.63) is 18.2 Å². The Bertz CT molecular complexity index is 247. The van der Waals surface area contributed by atoms with Crippen molar-refractivity contribution in [1.29, 1.82) is 0 Å². The third-order valence-corrected chi connectivity index (χ3v) is 1.96. The van der Waals surface area contributed by atoms with E-state index in [9.17, 15) is 5.11 Å². The summed E-state index contributed by atoms with van der Waals surface area (Å²) in [6.07, 6.45) is 4.01. The number of aryl methyl sites for hydroxylation is 1. The van der Waals surface area contributed by atoms with Crippen molar-refractivity contribution in [3.8, 4) is 0 Å². The summed E-state index contributed by atoms with van der Waals surface area (Å²) in [7, 11) is 1.88. The molecule has 1 unspecified atom stereocenters. The van der Waals surface area contributed by atoms with Gasteiger partial charge in [0.15, 0.2) is 0 Å². The van der Waals surface area contributed by atoms with E-state index in [-0.39, 0.29) is 0 Å². The van der Waals surface area contributed by atoms with Gasteiger partial charge in [0.1, 0.15) is 6.10 Å². The molecule has 0 fully saturated rings. The predicted molar refractivity (Wildman–Crippen MR) is 51.3 cm³/mol. The third kappa shape index (κ3) is 2.82. The van der Waals surface area contributed by atoms with Gasteiger partial charge in [0, 0.05) is 13.6 Å². The number of rotatable bonds is 5. The molecule has 2 N–H and O–H groups in total. The Morgan fingerprint density at radius 3 is 3.00 bits per heavy atom. The summed E-state index contributed by atoms with van der Waals surface area (Å²) in [5.74, 6) is 0. The van der Waals surface area contributed by atoms with Crippen molar-refractivity contribution in [1.82, 2.24) is 14.9 Å². The quantitative estimate of drug-likeness (QED) is 0.652. The first-order valence-corrected chi connectivity index (χ1v) is 4.60. The molecule has 0 saturated heterocycles. The Morgan fingerprint density at radius 2 is 2.46 bits per heavy atom. The summed E-state index contributed by atoms with van der Waals surface area (Å²) in [5, 5.41) is 12.9. The van der Waals surface area contributed by atoms with E-state index in [0.29, 0.717) is 6.54 Å². The van der Waals surface area contributed by atoms with Crippen molar-refractivity contribution >= 4 is 0 Å². The van der Waals surface area contributed by atoms with E-state index >= 15 is 0 Å². The number of aliphatic hydroxyl groups is 1. The van der Waals surface area contributed by atoms with Gasteiger partial charge in [-0.05, 0) is 13.0 Å². The van der Waals surface area contributed by atoms with Gasteiger partial charge in [-0.1, -0.05) is 6.92 Å². The fourth-order valence-corrected chi connectivity index (χ4v) is 1.21. The normalized spacial score (nSPS) is 13.2. The molecule has 1 aromatic heterocycles. The molecule has 4 heteroatoms. The molecular weight excluding hydrogens is 166 g/mol. The van der Waals surface area contributed by atoms with Gasteiger partial charge in [-0.15, -0.1) is 0 Å². The summed E-state index contributed by atoms with van der Waals surface area (Å²) in [6.45, 7) is 3.63. The second-order valence-electron chi connectivity index (χ2n) is 3.15. The molecule has 1 atom stereocenters. The molecule has 4 nitrogen and oxygen atoms in total. The highest BCUT2D eigenvalue weighted by Gasteiger charge is 2.09. The Kier molecular flexibility index (Phi) is 3.92. The molecule has 1 heterocycles. The van der Waals surface area contributed by atoms with Gasteiger partial charge in [-0.25, -0.2) is 4.98 Å². The lowest BCUT2D eigenvalue weighted by molar-refractivity contribution is 0.167.